The summed E-state index contributed by atoms with van der Waals surface area (Å²) in [7, 11) is -0.511. The zero-order valence-corrected chi connectivity index (χ0v) is 17.7. The van der Waals surface area contributed by atoms with E-state index in [1.807, 2.05) is 18.2 Å². The summed E-state index contributed by atoms with van der Waals surface area (Å²) in [4.78, 5) is 14.9. The van der Waals surface area contributed by atoms with E-state index < -0.39 is 10.0 Å². The highest BCUT2D eigenvalue weighted by Crippen LogP contribution is 2.28. The first kappa shape index (κ1) is 21.1. The van der Waals surface area contributed by atoms with Gasteiger partial charge in [0.1, 0.15) is 0 Å². The number of carbonyl (C=O) groups excluding carboxylic acids is 1. The number of nitrogens with zero attached hydrogens (tertiary/aromatic N) is 2. The molecule has 2 N–H and O–H groups in total. The molecule has 1 aliphatic rings. The van der Waals surface area contributed by atoms with Gasteiger partial charge in [0.05, 0.1) is 22.8 Å². The molecule has 0 bridgehead atoms. The maximum Gasteiger partial charge on any atom is 0.243 e. The van der Waals surface area contributed by atoms with Gasteiger partial charge in [-0.05, 0) is 55.7 Å². The van der Waals surface area contributed by atoms with Crippen LogP contribution >= 0.6 is 0 Å². The number of benzene rings is 2. The van der Waals surface area contributed by atoms with Crippen molar-refractivity contribution in [3.63, 3.8) is 0 Å². The molecular weight excluding hydrogens is 388 g/mol. The Bertz CT molecular complexity index is 937. The molecule has 0 atom stereocenters. The monoisotopic (exact) mass is 416 g/mol. The van der Waals surface area contributed by atoms with Gasteiger partial charge in [-0.15, -0.1) is 0 Å². The second kappa shape index (κ2) is 9.28. The molecule has 7 nitrogen and oxygen atoms in total. The van der Waals surface area contributed by atoms with Crippen LogP contribution < -0.4 is 15.5 Å². The lowest BCUT2D eigenvalue weighted by atomic mass is 10.1. The number of nitrogens with one attached hydrogen (secondary N) is 2. The lowest BCUT2D eigenvalue weighted by Gasteiger charge is -2.30. The third kappa shape index (κ3) is 5.27. The number of rotatable bonds is 7. The van der Waals surface area contributed by atoms with Crippen molar-refractivity contribution in [2.75, 3.05) is 49.3 Å². The number of para-hydroxylation sites is 2. The van der Waals surface area contributed by atoms with E-state index in [-0.39, 0.29) is 17.3 Å². The summed E-state index contributed by atoms with van der Waals surface area (Å²) in [6.45, 7) is 2.20. The molecule has 0 unspecified atom stereocenters. The molecule has 1 aliphatic heterocycles. The minimum atomic E-state index is -3.48. The van der Waals surface area contributed by atoms with Crippen molar-refractivity contribution in [2.24, 2.45) is 0 Å². The first-order valence-electron chi connectivity index (χ1n) is 9.78. The van der Waals surface area contributed by atoms with Gasteiger partial charge in [-0.25, -0.2) is 12.7 Å². The van der Waals surface area contributed by atoms with Gasteiger partial charge in [0.2, 0.25) is 15.9 Å². The van der Waals surface area contributed by atoms with Crippen molar-refractivity contribution in [1.29, 1.82) is 0 Å². The number of hydrogen-bond donors (Lipinski definition) is 2. The summed E-state index contributed by atoms with van der Waals surface area (Å²) in [5, 5.41) is 6.02. The molecule has 8 heteroatoms. The summed E-state index contributed by atoms with van der Waals surface area (Å²) in [5.74, 6) is -0.193. The van der Waals surface area contributed by atoms with Crippen LogP contribution in [0.4, 0.5) is 17.1 Å². The molecule has 1 heterocycles. The zero-order valence-electron chi connectivity index (χ0n) is 16.9. The predicted octanol–water partition coefficient (Wildman–Crippen LogP) is 2.98. The Hall–Kier alpha value is -2.58. The van der Waals surface area contributed by atoms with Crippen LogP contribution in [-0.4, -0.2) is 52.4 Å². The Morgan fingerprint density at radius 2 is 1.66 bits per heavy atom. The van der Waals surface area contributed by atoms with E-state index in [4.69, 9.17) is 0 Å². The van der Waals surface area contributed by atoms with Crippen molar-refractivity contribution < 1.29 is 13.2 Å². The molecule has 1 saturated heterocycles. The fourth-order valence-electron chi connectivity index (χ4n) is 3.34. The summed E-state index contributed by atoms with van der Waals surface area (Å²) in [6.07, 6.45) is 3.64. The Kier molecular flexibility index (Phi) is 6.76. The first-order chi connectivity index (χ1) is 13.9. The Labute approximate surface area is 172 Å². The van der Waals surface area contributed by atoms with Gasteiger partial charge in [-0.2, -0.15) is 0 Å². The van der Waals surface area contributed by atoms with E-state index >= 15 is 0 Å². The Morgan fingerprint density at radius 1 is 1.00 bits per heavy atom. The van der Waals surface area contributed by atoms with Crippen LogP contribution in [0.5, 0.6) is 0 Å². The summed E-state index contributed by atoms with van der Waals surface area (Å²) in [6, 6.07) is 14.2. The molecule has 0 aliphatic carbocycles. The topological polar surface area (TPSA) is 81.8 Å². The van der Waals surface area contributed by atoms with Crippen LogP contribution in [-0.2, 0) is 14.8 Å². The van der Waals surface area contributed by atoms with E-state index in [0.29, 0.717) is 5.69 Å². The minimum Gasteiger partial charge on any atom is -0.374 e. The molecule has 0 saturated carbocycles. The number of sulfonamides is 1. The van der Waals surface area contributed by atoms with Gasteiger partial charge >= 0.3 is 0 Å². The quantitative estimate of drug-likeness (QED) is 0.725. The molecule has 156 valence electrons. The zero-order chi connectivity index (χ0) is 20.9. The largest absolute Gasteiger partial charge is 0.374 e. The second-order valence-corrected chi connectivity index (χ2v) is 9.43. The van der Waals surface area contributed by atoms with Crippen molar-refractivity contribution in [1.82, 2.24) is 4.31 Å². The van der Waals surface area contributed by atoms with Crippen LogP contribution in [0.2, 0.25) is 0 Å². The minimum absolute atomic E-state index is 0.128. The second-order valence-electron chi connectivity index (χ2n) is 7.28. The van der Waals surface area contributed by atoms with Gasteiger partial charge in [0.15, 0.2) is 0 Å². The molecule has 3 rings (SSSR count). The molecule has 0 aromatic heterocycles. The van der Waals surface area contributed by atoms with Gasteiger partial charge in [-0.1, -0.05) is 12.1 Å². The van der Waals surface area contributed by atoms with Crippen molar-refractivity contribution in [3.8, 4) is 0 Å². The van der Waals surface area contributed by atoms with E-state index in [1.54, 1.807) is 12.1 Å². The Balaban J connectivity index is 1.59. The average Bonchev–Trinajstić information content (AvgIpc) is 2.73. The van der Waals surface area contributed by atoms with Gasteiger partial charge in [0, 0.05) is 32.9 Å². The molecule has 1 amide bonds. The van der Waals surface area contributed by atoms with Crippen LogP contribution in [0.15, 0.2) is 53.4 Å². The standard InChI is InChI=1S/C21H28N4O3S/c1-24(2)29(27,28)18-12-10-17(11-13-18)23-21(26)16-22-19-8-4-5-9-20(19)25-14-6-3-7-15-25/h4-5,8-13,22H,3,6-7,14-16H2,1-2H3,(H,23,26). The molecule has 2 aromatic carbocycles. The Morgan fingerprint density at radius 3 is 2.31 bits per heavy atom. The third-order valence-electron chi connectivity index (χ3n) is 4.96. The normalized spacial score (nSPS) is 14.7. The highest BCUT2D eigenvalue weighted by molar-refractivity contribution is 7.89. The SMILES string of the molecule is CN(C)S(=O)(=O)c1ccc(NC(=O)CNc2ccccc2N2CCCCC2)cc1. The van der Waals surface area contributed by atoms with Gasteiger partial charge < -0.3 is 15.5 Å². The number of anilines is 3. The fourth-order valence-corrected chi connectivity index (χ4v) is 4.24. The molecule has 2 aromatic rings. The lowest BCUT2D eigenvalue weighted by Crippen LogP contribution is -2.30. The van der Waals surface area contributed by atoms with Crippen LogP contribution in [0.1, 0.15) is 19.3 Å². The van der Waals surface area contributed by atoms with Crippen molar-refractivity contribution in [3.05, 3.63) is 48.5 Å². The summed E-state index contributed by atoms with van der Waals surface area (Å²) >= 11 is 0. The predicted molar refractivity (Wildman–Crippen MR) is 117 cm³/mol. The number of piperidine rings is 1. The highest BCUT2D eigenvalue weighted by Gasteiger charge is 2.17. The summed E-state index contributed by atoms with van der Waals surface area (Å²) in [5.41, 5.74) is 2.62. The average molecular weight is 417 g/mol. The van der Waals surface area contributed by atoms with Gasteiger partial charge in [-0.3, -0.25) is 4.79 Å². The van der Waals surface area contributed by atoms with Gasteiger partial charge in [0.25, 0.3) is 0 Å². The van der Waals surface area contributed by atoms with Crippen LogP contribution in [0.25, 0.3) is 0 Å². The van der Waals surface area contributed by atoms with E-state index in [0.717, 1.165) is 28.8 Å². The molecular formula is C21H28N4O3S. The van der Waals surface area contributed by atoms with Crippen molar-refractivity contribution in [2.45, 2.75) is 24.2 Å². The van der Waals surface area contributed by atoms with E-state index in [2.05, 4.69) is 21.6 Å². The molecule has 1 fully saturated rings. The number of hydrogen-bond acceptors (Lipinski definition) is 5. The highest BCUT2D eigenvalue weighted by atomic mass is 32.2. The smallest absolute Gasteiger partial charge is 0.243 e. The van der Waals surface area contributed by atoms with E-state index in [9.17, 15) is 13.2 Å². The lowest BCUT2D eigenvalue weighted by molar-refractivity contribution is -0.114. The van der Waals surface area contributed by atoms with Crippen molar-refractivity contribution >= 4 is 33.0 Å². The number of amides is 1. The first-order valence-corrected chi connectivity index (χ1v) is 11.2. The molecule has 0 spiro atoms. The maximum atomic E-state index is 12.3. The molecule has 0 radical (unpaired) electrons. The third-order valence-corrected chi connectivity index (χ3v) is 6.79. The number of carbonyl (C=O) groups is 1. The van der Waals surface area contributed by atoms with Crippen LogP contribution in [0, 0.1) is 0 Å². The summed E-state index contributed by atoms with van der Waals surface area (Å²) < 4.78 is 25.4. The maximum absolute atomic E-state index is 12.3. The fraction of sp³-hybridized carbons (Fsp3) is 0.381. The van der Waals surface area contributed by atoms with Crippen LogP contribution in [0.3, 0.4) is 0 Å². The van der Waals surface area contributed by atoms with E-state index in [1.165, 1.54) is 45.5 Å². The molecule has 29 heavy (non-hydrogen) atoms.